The quantitative estimate of drug-likeness (QED) is 0.843. The van der Waals surface area contributed by atoms with Crippen LogP contribution in [0.2, 0.25) is 0 Å². The molecule has 100 valence electrons. The van der Waals surface area contributed by atoms with Crippen LogP contribution in [0.25, 0.3) is 0 Å². The van der Waals surface area contributed by atoms with Gasteiger partial charge in [-0.05, 0) is 25.5 Å². The molecular weight excluding hydrogens is 250 g/mol. The zero-order valence-electron chi connectivity index (χ0n) is 10.8. The molecule has 1 aliphatic rings. The molecule has 5 heteroatoms. The first-order chi connectivity index (χ1) is 8.56. The second-order valence-electron chi connectivity index (χ2n) is 4.59. The Bertz CT molecular complexity index is 513. The maximum absolute atomic E-state index is 12.4. The van der Waals surface area contributed by atoms with Gasteiger partial charge < -0.3 is 4.74 Å². The fourth-order valence-corrected chi connectivity index (χ4v) is 4.04. The molecule has 1 heterocycles. The Morgan fingerprint density at radius 3 is 2.83 bits per heavy atom. The first-order valence-electron chi connectivity index (χ1n) is 6.30. The van der Waals surface area contributed by atoms with Crippen molar-refractivity contribution in [2.75, 3.05) is 16.7 Å². The van der Waals surface area contributed by atoms with Gasteiger partial charge >= 0.3 is 0 Å². The van der Waals surface area contributed by atoms with E-state index in [1.165, 1.54) is 4.31 Å². The number of rotatable bonds is 4. The molecule has 0 amide bonds. The first kappa shape index (κ1) is 13.2. The molecule has 0 aromatic heterocycles. The minimum Gasteiger partial charge on any atom is -0.489 e. The molecule has 0 saturated heterocycles. The molecule has 0 spiro atoms. The average molecular weight is 269 g/mol. The number of anilines is 1. The molecule has 2 rings (SSSR count). The van der Waals surface area contributed by atoms with Gasteiger partial charge in [-0.1, -0.05) is 25.5 Å². The Hall–Kier alpha value is -1.23. The number of hydrogen-bond donors (Lipinski definition) is 0. The van der Waals surface area contributed by atoms with E-state index in [2.05, 4.69) is 0 Å². The third kappa shape index (κ3) is 2.46. The van der Waals surface area contributed by atoms with Gasteiger partial charge in [0.25, 0.3) is 0 Å². The molecule has 0 saturated carbocycles. The maximum atomic E-state index is 12.4. The normalized spacial score (nSPS) is 19.2. The largest absolute Gasteiger partial charge is 0.489 e. The summed E-state index contributed by atoms with van der Waals surface area (Å²) in [7, 11) is -3.25. The second kappa shape index (κ2) is 5.18. The minimum atomic E-state index is -3.25. The molecule has 0 N–H and O–H groups in total. The molecule has 4 nitrogen and oxygen atoms in total. The van der Waals surface area contributed by atoms with Crippen LogP contribution in [0.5, 0.6) is 5.75 Å². The highest BCUT2D eigenvalue weighted by Crippen LogP contribution is 2.35. The van der Waals surface area contributed by atoms with Crippen molar-refractivity contribution in [3.05, 3.63) is 24.3 Å². The summed E-state index contributed by atoms with van der Waals surface area (Å²) in [6.45, 7) is 4.27. The number of nitrogens with zero attached hydrogens (tertiary/aromatic N) is 1. The number of para-hydroxylation sites is 2. The van der Waals surface area contributed by atoms with Crippen LogP contribution in [0, 0.1) is 0 Å². The zero-order chi connectivity index (χ0) is 13.2. The van der Waals surface area contributed by atoms with Crippen molar-refractivity contribution in [1.82, 2.24) is 0 Å². The van der Waals surface area contributed by atoms with Crippen LogP contribution < -0.4 is 9.04 Å². The number of fused-ring (bicyclic) bond motifs is 1. The maximum Gasteiger partial charge on any atom is 0.235 e. The van der Waals surface area contributed by atoms with E-state index in [-0.39, 0.29) is 11.8 Å². The summed E-state index contributed by atoms with van der Waals surface area (Å²) in [5.41, 5.74) is 0.660. The first-order valence-corrected chi connectivity index (χ1v) is 7.91. The lowest BCUT2D eigenvalue weighted by Gasteiger charge is -2.35. The third-order valence-corrected chi connectivity index (χ3v) is 5.00. The molecule has 0 bridgehead atoms. The molecule has 0 aliphatic carbocycles. The van der Waals surface area contributed by atoms with E-state index < -0.39 is 10.0 Å². The van der Waals surface area contributed by atoms with Gasteiger partial charge in [0.05, 0.1) is 17.5 Å². The van der Waals surface area contributed by atoms with E-state index in [1.807, 2.05) is 32.0 Å². The van der Waals surface area contributed by atoms with Gasteiger partial charge in [0.15, 0.2) is 0 Å². The van der Waals surface area contributed by atoms with Gasteiger partial charge in [-0.3, -0.25) is 4.31 Å². The van der Waals surface area contributed by atoms with E-state index >= 15 is 0 Å². The van der Waals surface area contributed by atoms with E-state index in [0.29, 0.717) is 24.5 Å². The Morgan fingerprint density at radius 2 is 2.11 bits per heavy atom. The van der Waals surface area contributed by atoms with Crippen molar-refractivity contribution in [3.63, 3.8) is 0 Å². The molecule has 1 aliphatic heterocycles. The zero-order valence-corrected chi connectivity index (χ0v) is 11.6. The molecule has 0 radical (unpaired) electrons. The predicted molar refractivity (Wildman–Crippen MR) is 72.6 cm³/mol. The summed E-state index contributed by atoms with van der Waals surface area (Å²) in [6.07, 6.45) is 1.56. The highest BCUT2D eigenvalue weighted by molar-refractivity contribution is 7.92. The lowest BCUT2D eigenvalue weighted by Crippen LogP contribution is -2.45. The number of unbranched alkanes of at least 4 members (excludes halogenated alkanes) is 1. The van der Waals surface area contributed by atoms with Crippen molar-refractivity contribution in [2.24, 2.45) is 0 Å². The van der Waals surface area contributed by atoms with E-state index in [0.717, 1.165) is 6.42 Å². The van der Waals surface area contributed by atoms with Crippen LogP contribution in [0.1, 0.15) is 26.7 Å². The standard InChI is InChI=1S/C13H19NO3S/c1-3-4-9-18(15,16)14-11(2)10-17-13-8-6-5-7-12(13)14/h5-8,11H,3-4,9-10H2,1-2H3. The molecule has 0 fully saturated rings. The lowest BCUT2D eigenvalue weighted by molar-refractivity contribution is 0.281. The highest BCUT2D eigenvalue weighted by atomic mass is 32.2. The molecule has 1 aromatic rings. The van der Waals surface area contributed by atoms with Gasteiger partial charge in [-0.15, -0.1) is 0 Å². The number of hydrogen-bond acceptors (Lipinski definition) is 3. The highest BCUT2D eigenvalue weighted by Gasteiger charge is 2.32. The minimum absolute atomic E-state index is 0.151. The number of benzene rings is 1. The molecular formula is C13H19NO3S. The van der Waals surface area contributed by atoms with Crippen molar-refractivity contribution < 1.29 is 13.2 Å². The Morgan fingerprint density at radius 1 is 1.39 bits per heavy atom. The Kier molecular flexibility index (Phi) is 3.80. The van der Waals surface area contributed by atoms with E-state index in [1.54, 1.807) is 6.07 Å². The van der Waals surface area contributed by atoms with Gasteiger partial charge in [0.2, 0.25) is 10.0 Å². The van der Waals surface area contributed by atoms with Crippen LogP contribution in [0.15, 0.2) is 24.3 Å². The third-order valence-electron chi connectivity index (χ3n) is 3.04. The van der Waals surface area contributed by atoms with Crippen LogP contribution in [-0.4, -0.2) is 26.8 Å². The smallest absolute Gasteiger partial charge is 0.235 e. The fourth-order valence-electron chi connectivity index (χ4n) is 2.13. The molecule has 1 atom stereocenters. The monoisotopic (exact) mass is 269 g/mol. The fraction of sp³-hybridized carbons (Fsp3) is 0.538. The van der Waals surface area contributed by atoms with Gasteiger partial charge in [0, 0.05) is 0 Å². The van der Waals surface area contributed by atoms with Crippen molar-refractivity contribution in [2.45, 2.75) is 32.7 Å². The second-order valence-corrected chi connectivity index (χ2v) is 6.56. The summed E-state index contributed by atoms with van der Waals surface area (Å²) in [4.78, 5) is 0. The summed E-state index contributed by atoms with van der Waals surface area (Å²) >= 11 is 0. The van der Waals surface area contributed by atoms with Gasteiger partial charge in [0.1, 0.15) is 12.4 Å². The van der Waals surface area contributed by atoms with E-state index in [4.69, 9.17) is 4.74 Å². The number of sulfonamides is 1. The lowest BCUT2D eigenvalue weighted by atomic mass is 10.2. The van der Waals surface area contributed by atoms with Crippen molar-refractivity contribution in [3.8, 4) is 5.75 Å². The van der Waals surface area contributed by atoms with Gasteiger partial charge in [-0.2, -0.15) is 0 Å². The molecule has 1 aromatic carbocycles. The summed E-state index contributed by atoms with van der Waals surface area (Å²) in [6, 6.07) is 7.15. The molecule has 18 heavy (non-hydrogen) atoms. The molecule has 1 unspecified atom stereocenters. The van der Waals surface area contributed by atoms with Crippen LogP contribution in [0.4, 0.5) is 5.69 Å². The van der Waals surface area contributed by atoms with Crippen LogP contribution in [-0.2, 0) is 10.0 Å². The van der Waals surface area contributed by atoms with E-state index in [9.17, 15) is 8.42 Å². The summed E-state index contributed by atoms with van der Waals surface area (Å²) in [5.74, 6) is 0.845. The average Bonchev–Trinajstić information content (AvgIpc) is 2.36. The Labute approximate surface area is 109 Å². The van der Waals surface area contributed by atoms with Crippen molar-refractivity contribution >= 4 is 15.7 Å². The number of ether oxygens (including phenoxy) is 1. The SMILES string of the molecule is CCCCS(=O)(=O)N1c2ccccc2OCC1C. The predicted octanol–water partition coefficient (Wildman–Crippen LogP) is 2.40. The van der Waals surface area contributed by atoms with Crippen LogP contribution >= 0.6 is 0 Å². The summed E-state index contributed by atoms with van der Waals surface area (Å²) in [5, 5.41) is 0. The van der Waals surface area contributed by atoms with Crippen LogP contribution in [0.3, 0.4) is 0 Å². The van der Waals surface area contributed by atoms with Crippen molar-refractivity contribution in [1.29, 1.82) is 0 Å². The summed E-state index contributed by atoms with van der Waals surface area (Å²) < 4.78 is 31.9. The Balaban J connectivity index is 2.37. The topological polar surface area (TPSA) is 46.6 Å². The van der Waals surface area contributed by atoms with Gasteiger partial charge in [-0.25, -0.2) is 8.42 Å².